The molecule has 2 aromatic rings. The third kappa shape index (κ3) is 2.94. The first kappa shape index (κ1) is 12.6. The van der Waals surface area contributed by atoms with E-state index in [-0.39, 0.29) is 12.1 Å². The second kappa shape index (κ2) is 5.28. The number of nitrogens with zero attached hydrogens (tertiary/aromatic N) is 2. The van der Waals surface area contributed by atoms with Gasteiger partial charge in [-0.3, -0.25) is 0 Å². The summed E-state index contributed by atoms with van der Waals surface area (Å²) in [7, 11) is 0. The number of hydrogen-bond acceptors (Lipinski definition) is 5. The highest BCUT2D eigenvalue weighted by Gasteiger charge is 2.27. The van der Waals surface area contributed by atoms with Gasteiger partial charge in [0.2, 0.25) is 5.89 Å². The van der Waals surface area contributed by atoms with Gasteiger partial charge in [0, 0.05) is 18.0 Å². The predicted molar refractivity (Wildman–Crippen MR) is 69.9 cm³/mol. The second-order valence-electron chi connectivity index (χ2n) is 4.70. The number of aliphatic hydroxyl groups excluding tert-OH is 1. The Morgan fingerprint density at radius 1 is 1.37 bits per heavy atom. The largest absolute Gasteiger partial charge is 0.392 e. The highest BCUT2D eigenvalue weighted by molar-refractivity contribution is 6.30. The average molecular weight is 280 g/mol. The van der Waals surface area contributed by atoms with Gasteiger partial charge < -0.3 is 14.9 Å². The standard InChI is InChI=1S/C13H14ClN3O2/c14-9-3-1-8(2-4-9)5-12-16-13(19-17-12)11-6-10(18)7-15-11/h1-4,10-11,15,18H,5-7H2/t10?,11-/m0/s1. The SMILES string of the molecule is OC1CN[C@H](c2nc(Cc3ccc(Cl)cc3)no2)C1. The van der Waals surface area contributed by atoms with E-state index in [4.69, 9.17) is 16.1 Å². The molecular formula is C13H14ClN3O2. The van der Waals surface area contributed by atoms with Crippen LogP contribution in [0.4, 0.5) is 0 Å². The lowest BCUT2D eigenvalue weighted by Gasteiger charge is -2.01. The lowest BCUT2D eigenvalue weighted by Crippen LogP contribution is -2.15. The molecule has 1 aliphatic heterocycles. The number of β-amino-alcohol motifs (C(OH)–C–C–N with tert-alkyl or cyclic N) is 1. The topological polar surface area (TPSA) is 71.2 Å². The smallest absolute Gasteiger partial charge is 0.243 e. The molecule has 0 bridgehead atoms. The van der Waals surface area contributed by atoms with Gasteiger partial charge in [0.1, 0.15) is 0 Å². The number of aliphatic hydroxyl groups is 1. The molecule has 0 amide bonds. The minimum Gasteiger partial charge on any atom is -0.392 e. The first-order chi connectivity index (χ1) is 9.20. The lowest BCUT2D eigenvalue weighted by molar-refractivity contribution is 0.191. The molecule has 19 heavy (non-hydrogen) atoms. The molecule has 1 fully saturated rings. The Morgan fingerprint density at radius 3 is 2.84 bits per heavy atom. The van der Waals surface area contributed by atoms with Gasteiger partial charge in [0.15, 0.2) is 5.82 Å². The van der Waals surface area contributed by atoms with Crippen LogP contribution >= 0.6 is 11.6 Å². The summed E-state index contributed by atoms with van der Waals surface area (Å²) in [5.41, 5.74) is 1.08. The molecule has 1 saturated heterocycles. The van der Waals surface area contributed by atoms with E-state index in [1.807, 2.05) is 24.3 Å². The number of halogens is 1. The molecule has 0 spiro atoms. The van der Waals surface area contributed by atoms with Gasteiger partial charge in [-0.15, -0.1) is 0 Å². The Balaban J connectivity index is 1.69. The van der Waals surface area contributed by atoms with Crippen LogP contribution in [0.5, 0.6) is 0 Å². The molecule has 5 nitrogen and oxygen atoms in total. The Morgan fingerprint density at radius 2 is 2.16 bits per heavy atom. The number of hydrogen-bond donors (Lipinski definition) is 2. The maximum absolute atomic E-state index is 9.46. The molecule has 0 saturated carbocycles. The fraction of sp³-hybridized carbons (Fsp3) is 0.385. The highest BCUT2D eigenvalue weighted by atomic mass is 35.5. The van der Waals surface area contributed by atoms with Crippen LogP contribution < -0.4 is 5.32 Å². The summed E-state index contributed by atoms with van der Waals surface area (Å²) in [5, 5.41) is 17.3. The van der Waals surface area contributed by atoms with E-state index in [1.54, 1.807) is 0 Å². The van der Waals surface area contributed by atoms with E-state index in [2.05, 4.69) is 15.5 Å². The predicted octanol–water partition coefficient (Wildman–Crippen LogP) is 1.71. The van der Waals surface area contributed by atoms with Crippen LogP contribution in [0, 0.1) is 0 Å². The maximum Gasteiger partial charge on any atom is 0.243 e. The first-order valence-electron chi connectivity index (χ1n) is 6.19. The molecule has 1 aliphatic rings. The highest BCUT2D eigenvalue weighted by Crippen LogP contribution is 2.22. The van der Waals surface area contributed by atoms with Crippen molar-refractivity contribution >= 4 is 11.6 Å². The lowest BCUT2D eigenvalue weighted by atomic mass is 10.1. The minimum absolute atomic E-state index is 0.0403. The third-order valence-electron chi connectivity index (χ3n) is 3.17. The molecule has 6 heteroatoms. The van der Waals surface area contributed by atoms with Crippen molar-refractivity contribution in [1.82, 2.24) is 15.5 Å². The average Bonchev–Trinajstić information content (AvgIpc) is 3.01. The summed E-state index contributed by atoms with van der Waals surface area (Å²) in [6.45, 7) is 0.569. The van der Waals surface area contributed by atoms with Crippen molar-refractivity contribution in [1.29, 1.82) is 0 Å². The Labute approximate surface area is 115 Å². The van der Waals surface area contributed by atoms with E-state index in [9.17, 15) is 5.11 Å². The van der Waals surface area contributed by atoms with Crippen LogP contribution in [0.3, 0.4) is 0 Å². The summed E-state index contributed by atoms with van der Waals surface area (Å²) in [6, 6.07) is 7.52. The van der Waals surface area contributed by atoms with E-state index in [1.165, 1.54) is 0 Å². The molecule has 0 radical (unpaired) electrons. The number of aromatic nitrogens is 2. The number of rotatable bonds is 3. The van der Waals surface area contributed by atoms with Crippen molar-refractivity contribution in [3.05, 3.63) is 46.6 Å². The van der Waals surface area contributed by atoms with Crippen LogP contribution in [0.1, 0.15) is 29.7 Å². The third-order valence-corrected chi connectivity index (χ3v) is 3.42. The van der Waals surface area contributed by atoms with Gasteiger partial charge in [-0.1, -0.05) is 28.9 Å². The summed E-state index contributed by atoms with van der Waals surface area (Å²) >= 11 is 5.84. The van der Waals surface area contributed by atoms with Crippen LogP contribution in [0.15, 0.2) is 28.8 Å². The van der Waals surface area contributed by atoms with Crippen molar-refractivity contribution in [3.63, 3.8) is 0 Å². The zero-order valence-electron chi connectivity index (χ0n) is 10.2. The fourth-order valence-electron chi connectivity index (χ4n) is 2.17. The van der Waals surface area contributed by atoms with E-state index >= 15 is 0 Å². The van der Waals surface area contributed by atoms with Crippen LogP contribution in [0.25, 0.3) is 0 Å². The molecule has 3 rings (SSSR count). The molecule has 100 valence electrons. The summed E-state index contributed by atoms with van der Waals surface area (Å²) in [6.07, 6.45) is 0.884. The van der Waals surface area contributed by atoms with Gasteiger partial charge >= 0.3 is 0 Å². The Hall–Kier alpha value is -1.43. The molecule has 2 atom stereocenters. The molecule has 1 aromatic heterocycles. The zero-order chi connectivity index (χ0) is 13.2. The van der Waals surface area contributed by atoms with Crippen molar-refractivity contribution in [2.24, 2.45) is 0 Å². The maximum atomic E-state index is 9.46. The minimum atomic E-state index is -0.336. The first-order valence-corrected chi connectivity index (χ1v) is 6.57. The molecule has 2 heterocycles. The molecule has 2 N–H and O–H groups in total. The summed E-state index contributed by atoms with van der Waals surface area (Å²) < 4.78 is 5.23. The van der Waals surface area contributed by atoms with Gasteiger partial charge in [-0.25, -0.2) is 0 Å². The zero-order valence-corrected chi connectivity index (χ0v) is 11.0. The van der Waals surface area contributed by atoms with Crippen molar-refractivity contribution in [2.45, 2.75) is 25.0 Å². The van der Waals surface area contributed by atoms with Gasteiger partial charge in [-0.2, -0.15) is 4.98 Å². The van der Waals surface area contributed by atoms with Gasteiger partial charge in [-0.05, 0) is 24.1 Å². The van der Waals surface area contributed by atoms with Gasteiger partial charge in [0.05, 0.1) is 12.1 Å². The van der Waals surface area contributed by atoms with E-state index in [0.29, 0.717) is 36.1 Å². The Kier molecular flexibility index (Phi) is 3.50. The number of benzene rings is 1. The molecule has 1 aromatic carbocycles. The van der Waals surface area contributed by atoms with Crippen LogP contribution in [-0.2, 0) is 6.42 Å². The summed E-state index contributed by atoms with van der Waals surface area (Å²) in [5.74, 6) is 1.18. The number of nitrogens with one attached hydrogen (secondary N) is 1. The quantitative estimate of drug-likeness (QED) is 0.895. The van der Waals surface area contributed by atoms with Crippen molar-refractivity contribution in [2.75, 3.05) is 6.54 Å². The van der Waals surface area contributed by atoms with Gasteiger partial charge in [0.25, 0.3) is 0 Å². The molecular weight excluding hydrogens is 266 g/mol. The second-order valence-corrected chi connectivity index (χ2v) is 5.14. The van der Waals surface area contributed by atoms with Crippen molar-refractivity contribution in [3.8, 4) is 0 Å². The normalized spacial score (nSPS) is 22.8. The van der Waals surface area contributed by atoms with Crippen LogP contribution in [-0.4, -0.2) is 27.9 Å². The Bertz CT molecular complexity index is 555. The van der Waals surface area contributed by atoms with E-state index < -0.39 is 0 Å². The molecule has 1 unspecified atom stereocenters. The fourth-order valence-corrected chi connectivity index (χ4v) is 2.30. The van der Waals surface area contributed by atoms with Crippen molar-refractivity contribution < 1.29 is 9.63 Å². The van der Waals surface area contributed by atoms with Crippen LogP contribution in [0.2, 0.25) is 5.02 Å². The van der Waals surface area contributed by atoms with E-state index in [0.717, 1.165) is 5.56 Å². The summed E-state index contributed by atoms with van der Waals surface area (Å²) in [4.78, 5) is 4.36. The monoisotopic (exact) mass is 279 g/mol. The molecule has 0 aliphatic carbocycles.